The normalized spacial score (nSPS) is 12.1. The third-order valence-electron chi connectivity index (χ3n) is 3.24. The van der Waals surface area contributed by atoms with E-state index in [0.717, 1.165) is 22.9 Å². The predicted molar refractivity (Wildman–Crippen MR) is 89.5 cm³/mol. The lowest BCUT2D eigenvalue weighted by atomic mass is 10.1. The van der Waals surface area contributed by atoms with Crippen molar-refractivity contribution in [3.63, 3.8) is 0 Å². The molecule has 6 heteroatoms. The molecule has 1 aromatic heterocycles. The quantitative estimate of drug-likeness (QED) is 0.564. The van der Waals surface area contributed by atoms with Crippen LogP contribution in [0.25, 0.3) is 10.8 Å². The second-order valence-corrected chi connectivity index (χ2v) is 5.86. The smallest absolute Gasteiger partial charge is 0.270 e. The zero-order valence-corrected chi connectivity index (χ0v) is 13.0. The van der Waals surface area contributed by atoms with Gasteiger partial charge < -0.3 is 10.7 Å². The van der Waals surface area contributed by atoms with Crippen LogP contribution in [0.3, 0.4) is 0 Å². The summed E-state index contributed by atoms with van der Waals surface area (Å²) in [4.78, 5) is 16.6. The molecule has 1 atom stereocenters. The average Bonchev–Trinajstić information content (AvgIpc) is 2.51. The van der Waals surface area contributed by atoms with Crippen LogP contribution in [0, 0.1) is 0 Å². The molecule has 0 saturated carbocycles. The van der Waals surface area contributed by atoms with Crippen LogP contribution >= 0.6 is 11.8 Å². The van der Waals surface area contributed by atoms with Crippen molar-refractivity contribution < 1.29 is 4.79 Å². The van der Waals surface area contributed by atoms with E-state index in [0.29, 0.717) is 11.5 Å². The zero-order chi connectivity index (χ0) is 15.2. The van der Waals surface area contributed by atoms with Gasteiger partial charge in [0.05, 0.1) is 0 Å². The molecule has 0 saturated heterocycles. The van der Waals surface area contributed by atoms with Crippen molar-refractivity contribution in [3.05, 3.63) is 36.0 Å². The summed E-state index contributed by atoms with van der Waals surface area (Å²) in [5, 5.41) is 4.79. The number of amides is 1. The van der Waals surface area contributed by atoms with E-state index in [1.165, 1.54) is 0 Å². The van der Waals surface area contributed by atoms with E-state index in [4.69, 9.17) is 5.84 Å². The minimum absolute atomic E-state index is 0.118. The Hall–Kier alpha value is -1.79. The summed E-state index contributed by atoms with van der Waals surface area (Å²) < 4.78 is 0. The standard InChI is InChI=1S/C15H20N4OS/c1-10(7-8-21-2)17-15(20)13-9-11-5-3-4-6-12(11)14(18-13)19-16/h3-6,9-10H,7-8,16H2,1-2H3,(H,17,20)(H,18,19). The van der Waals surface area contributed by atoms with Crippen LogP contribution in [0.2, 0.25) is 0 Å². The van der Waals surface area contributed by atoms with Gasteiger partial charge in [-0.1, -0.05) is 24.3 Å². The molecule has 112 valence electrons. The van der Waals surface area contributed by atoms with E-state index >= 15 is 0 Å². The Balaban J connectivity index is 2.23. The highest BCUT2D eigenvalue weighted by Crippen LogP contribution is 2.21. The second-order valence-electron chi connectivity index (χ2n) is 4.88. The van der Waals surface area contributed by atoms with Crippen LogP contribution in [0.5, 0.6) is 0 Å². The number of benzene rings is 1. The third kappa shape index (κ3) is 3.86. The first-order chi connectivity index (χ1) is 10.2. The van der Waals surface area contributed by atoms with E-state index < -0.39 is 0 Å². The number of hydrogen-bond donors (Lipinski definition) is 3. The van der Waals surface area contributed by atoms with E-state index in [9.17, 15) is 4.79 Å². The molecular weight excluding hydrogens is 284 g/mol. The van der Waals surface area contributed by atoms with E-state index in [1.54, 1.807) is 17.8 Å². The Labute approximate surface area is 128 Å². The molecule has 1 aromatic carbocycles. The topological polar surface area (TPSA) is 80.0 Å². The summed E-state index contributed by atoms with van der Waals surface area (Å²) in [5.41, 5.74) is 2.93. The number of rotatable bonds is 6. The van der Waals surface area contributed by atoms with Gasteiger partial charge in [0.2, 0.25) is 0 Å². The second kappa shape index (κ2) is 7.28. The van der Waals surface area contributed by atoms with Gasteiger partial charge in [-0.15, -0.1) is 0 Å². The largest absolute Gasteiger partial charge is 0.348 e. The number of carbonyl (C=O) groups excluding carboxylic acids is 1. The van der Waals surface area contributed by atoms with E-state index in [1.807, 2.05) is 31.2 Å². The number of carbonyl (C=O) groups is 1. The molecule has 0 aliphatic heterocycles. The van der Waals surface area contributed by atoms with Crippen molar-refractivity contribution in [1.82, 2.24) is 10.3 Å². The SMILES string of the molecule is CSCCC(C)NC(=O)c1cc2ccccc2c(NN)n1. The van der Waals surface area contributed by atoms with Crippen molar-refractivity contribution in [2.24, 2.45) is 5.84 Å². The number of nitrogens with zero attached hydrogens (tertiary/aromatic N) is 1. The van der Waals surface area contributed by atoms with Crippen molar-refractivity contribution >= 4 is 34.3 Å². The number of nitrogens with one attached hydrogen (secondary N) is 2. The molecule has 4 N–H and O–H groups in total. The predicted octanol–water partition coefficient (Wildman–Crippen LogP) is 2.39. The van der Waals surface area contributed by atoms with Crippen molar-refractivity contribution in [3.8, 4) is 0 Å². The molecule has 0 bridgehead atoms. The monoisotopic (exact) mass is 304 g/mol. The van der Waals surface area contributed by atoms with Crippen LogP contribution in [0.15, 0.2) is 30.3 Å². The van der Waals surface area contributed by atoms with Gasteiger partial charge in [0.15, 0.2) is 0 Å². The Morgan fingerprint density at radius 1 is 1.43 bits per heavy atom. The minimum Gasteiger partial charge on any atom is -0.348 e. The number of pyridine rings is 1. The maximum Gasteiger partial charge on any atom is 0.270 e. The highest BCUT2D eigenvalue weighted by atomic mass is 32.2. The average molecular weight is 304 g/mol. The summed E-state index contributed by atoms with van der Waals surface area (Å²) in [6, 6.07) is 9.59. The number of thioether (sulfide) groups is 1. The fourth-order valence-corrected chi connectivity index (χ4v) is 2.68. The van der Waals surface area contributed by atoms with Crippen LogP contribution in [-0.2, 0) is 0 Å². The molecule has 2 aromatic rings. The van der Waals surface area contributed by atoms with Gasteiger partial charge in [0.25, 0.3) is 5.91 Å². The molecule has 0 spiro atoms. The first kappa shape index (κ1) is 15.6. The highest BCUT2D eigenvalue weighted by molar-refractivity contribution is 7.98. The van der Waals surface area contributed by atoms with Gasteiger partial charge in [-0.05, 0) is 36.8 Å². The Morgan fingerprint density at radius 3 is 2.90 bits per heavy atom. The van der Waals surface area contributed by atoms with Crippen molar-refractivity contribution in [2.45, 2.75) is 19.4 Å². The molecule has 1 heterocycles. The van der Waals surface area contributed by atoms with Gasteiger partial charge in [0.1, 0.15) is 11.5 Å². The molecular formula is C15H20N4OS. The first-order valence-electron chi connectivity index (χ1n) is 6.82. The Bertz CT molecular complexity index is 632. The van der Waals surface area contributed by atoms with Gasteiger partial charge in [-0.2, -0.15) is 11.8 Å². The molecule has 1 unspecified atom stereocenters. The fraction of sp³-hybridized carbons (Fsp3) is 0.333. The molecule has 0 aliphatic carbocycles. The molecule has 0 fully saturated rings. The molecule has 5 nitrogen and oxygen atoms in total. The van der Waals surface area contributed by atoms with E-state index in [-0.39, 0.29) is 11.9 Å². The molecule has 0 radical (unpaired) electrons. The maximum absolute atomic E-state index is 12.3. The third-order valence-corrected chi connectivity index (χ3v) is 3.89. The minimum atomic E-state index is -0.175. The number of aromatic nitrogens is 1. The van der Waals surface area contributed by atoms with E-state index in [2.05, 4.69) is 22.0 Å². The summed E-state index contributed by atoms with van der Waals surface area (Å²) in [6.45, 7) is 2.00. The first-order valence-corrected chi connectivity index (χ1v) is 8.21. The molecule has 0 aliphatic rings. The lowest BCUT2D eigenvalue weighted by Crippen LogP contribution is -2.33. The summed E-state index contributed by atoms with van der Waals surface area (Å²) >= 11 is 1.77. The number of fused-ring (bicyclic) bond motifs is 1. The lowest BCUT2D eigenvalue weighted by molar-refractivity contribution is 0.0935. The number of nitrogens with two attached hydrogens (primary N) is 1. The molecule has 2 rings (SSSR count). The highest BCUT2D eigenvalue weighted by Gasteiger charge is 2.13. The number of nitrogen functional groups attached to an aromatic ring is 1. The summed E-state index contributed by atoms with van der Waals surface area (Å²) in [7, 11) is 0. The van der Waals surface area contributed by atoms with Gasteiger partial charge in [0, 0.05) is 11.4 Å². The van der Waals surface area contributed by atoms with Crippen molar-refractivity contribution in [1.29, 1.82) is 0 Å². The van der Waals surface area contributed by atoms with Crippen LogP contribution in [0.1, 0.15) is 23.8 Å². The Morgan fingerprint density at radius 2 is 2.19 bits per heavy atom. The number of anilines is 1. The van der Waals surface area contributed by atoms with Gasteiger partial charge in [-0.3, -0.25) is 4.79 Å². The summed E-state index contributed by atoms with van der Waals surface area (Å²) in [5.74, 6) is 6.86. The number of hydrogen-bond acceptors (Lipinski definition) is 5. The van der Waals surface area contributed by atoms with Crippen molar-refractivity contribution in [2.75, 3.05) is 17.4 Å². The zero-order valence-electron chi connectivity index (χ0n) is 12.2. The molecule has 21 heavy (non-hydrogen) atoms. The van der Waals surface area contributed by atoms with Crippen LogP contribution in [-0.4, -0.2) is 28.9 Å². The molecule has 1 amide bonds. The maximum atomic E-state index is 12.3. The Kier molecular flexibility index (Phi) is 5.41. The van der Waals surface area contributed by atoms with Crippen LogP contribution in [0.4, 0.5) is 5.82 Å². The fourth-order valence-electron chi connectivity index (χ4n) is 2.09. The van der Waals surface area contributed by atoms with Gasteiger partial charge >= 0.3 is 0 Å². The summed E-state index contributed by atoms with van der Waals surface area (Å²) in [6.07, 6.45) is 2.99. The van der Waals surface area contributed by atoms with Crippen LogP contribution < -0.4 is 16.6 Å². The lowest BCUT2D eigenvalue weighted by Gasteiger charge is -2.14. The number of hydrazine groups is 1. The van der Waals surface area contributed by atoms with Gasteiger partial charge in [-0.25, -0.2) is 10.8 Å².